The second-order valence-corrected chi connectivity index (χ2v) is 12.5. The molecule has 3 heterocycles. The number of methoxy groups -OCH3 is 2. The third kappa shape index (κ3) is 6.11. The van der Waals surface area contributed by atoms with Crippen molar-refractivity contribution in [2.24, 2.45) is 5.41 Å². The van der Waals surface area contributed by atoms with Crippen molar-refractivity contribution in [1.82, 2.24) is 10.6 Å². The van der Waals surface area contributed by atoms with Gasteiger partial charge in [-0.25, -0.2) is 9.18 Å². The molecular weight excluding hydrogens is 567 g/mol. The minimum atomic E-state index is -1.77. The van der Waals surface area contributed by atoms with E-state index >= 15 is 4.39 Å². The highest BCUT2D eigenvalue weighted by atomic mass is 19.1. The number of alkyl halides is 1. The molecule has 2 saturated heterocycles. The standard InChI is InChI=1S/C30H43FN2O10/c1-13(2)8-20(40-6)25(37)26(38)32-28(41-7)30-12-21(31)29(4,5)22(43-30)11-18(36)24(33-30)19-9-15-14(3)16(34)10-17(35)23(15)27(39)42-19/h10,18-22,24-25,28,33-37H,1,8-9,11-12H2,2-7H3,(H,32,38). The highest BCUT2D eigenvalue weighted by molar-refractivity contribution is 5.96. The summed E-state index contributed by atoms with van der Waals surface area (Å²) in [6.45, 7) is 10.5. The van der Waals surface area contributed by atoms with Crippen molar-refractivity contribution in [2.75, 3.05) is 14.2 Å². The van der Waals surface area contributed by atoms with E-state index < -0.39 is 77.7 Å². The van der Waals surface area contributed by atoms with Gasteiger partial charge in [0.2, 0.25) is 0 Å². The molecule has 0 spiro atoms. The molecular formula is C30H43FN2O10. The van der Waals surface area contributed by atoms with Crippen LogP contribution < -0.4 is 10.6 Å². The molecule has 6 N–H and O–H groups in total. The van der Waals surface area contributed by atoms with Crippen LogP contribution in [0.15, 0.2) is 18.2 Å². The molecule has 1 aromatic carbocycles. The van der Waals surface area contributed by atoms with Crippen LogP contribution in [0.5, 0.6) is 11.5 Å². The van der Waals surface area contributed by atoms with Gasteiger partial charge in [0.15, 0.2) is 18.1 Å². The fourth-order valence-electron chi connectivity index (χ4n) is 6.30. The first-order chi connectivity index (χ1) is 20.1. The smallest absolute Gasteiger partial charge is 0.342 e. The predicted octanol–water partition coefficient (Wildman–Crippen LogP) is 1.49. The number of aliphatic hydroxyl groups excluding tert-OH is 2. The summed E-state index contributed by atoms with van der Waals surface area (Å²) in [7, 11) is 2.63. The Labute approximate surface area is 250 Å². The maximum atomic E-state index is 15.9. The lowest BCUT2D eigenvalue weighted by atomic mass is 9.74. The fraction of sp³-hybridized carbons (Fsp3) is 0.667. The fourth-order valence-corrected chi connectivity index (χ4v) is 6.30. The van der Waals surface area contributed by atoms with Gasteiger partial charge in [0.1, 0.15) is 29.3 Å². The molecule has 3 aliphatic rings. The van der Waals surface area contributed by atoms with E-state index in [1.54, 1.807) is 27.7 Å². The van der Waals surface area contributed by atoms with E-state index in [4.69, 9.17) is 18.9 Å². The van der Waals surface area contributed by atoms with E-state index in [0.29, 0.717) is 16.7 Å². The van der Waals surface area contributed by atoms with Crippen molar-refractivity contribution in [2.45, 2.75) is 108 Å². The minimum Gasteiger partial charge on any atom is -0.508 e. The molecule has 2 bridgehead atoms. The number of cyclic esters (lactones) is 1. The number of aliphatic hydroxyl groups is 2. The summed E-state index contributed by atoms with van der Waals surface area (Å²) in [5, 5.41) is 48.6. The third-order valence-corrected chi connectivity index (χ3v) is 9.10. The highest BCUT2D eigenvalue weighted by Crippen LogP contribution is 2.48. The Kier molecular flexibility index (Phi) is 9.46. The van der Waals surface area contributed by atoms with Crippen molar-refractivity contribution in [1.29, 1.82) is 0 Å². The molecule has 1 aromatic rings. The topological polar surface area (TPSA) is 176 Å². The maximum absolute atomic E-state index is 15.9. The quantitative estimate of drug-likeness (QED) is 0.136. The molecule has 12 nitrogen and oxygen atoms in total. The Morgan fingerprint density at radius 2 is 1.95 bits per heavy atom. The van der Waals surface area contributed by atoms with Crippen LogP contribution in [0.2, 0.25) is 0 Å². The zero-order valence-electron chi connectivity index (χ0n) is 25.3. The van der Waals surface area contributed by atoms with Gasteiger partial charge in [-0.2, -0.15) is 0 Å². The number of amides is 1. The predicted molar refractivity (Wildman–Crippen MR) is 151 cm³/mol. The second-order valence-electron chi connectivity index (χ2n) is 12.5. The highest BCUT2D eigenvalue weighted by Gasteiger charge is 2.60. The van der Waals surface area contributed by atoms with E-state index in [0.717, 1.165) is 6.07 Å². The average molecular weight is 611 g/mol. The Hall–Kier alpha value is -2.81. The molecule has 4 rings (SSSR count). The van der Waals surface area contributed by atoms with Gasteiger partial charge < -0.3 is 44.7 Å². The number of nitrogens with one attached hydrogen (secondary N) is 2. The number of esters is 1. The summed E-state index contributed by atoms with van der Waals surface area (Å²) in [5.74, 6) is -2.36. The SMILES string of the molecule is C=C(C)CC(OC)C(O)C(=O)NC(OC)C12CC(F)C(C)(C)C(CC(O)C(C3Cc4c(C)c(O)cc(O)c4C(=O)O3)N1)O2. The van der Waals surface area contributed by atoms with Gasteiger partial charge in [-0.3, -0.25) is 10.1 Å². The lowest BCUT2D eigenvalue weighted by Gasteiger charge is -2.52. The molecule has 0 aliphatic carbocycles. The first-order valence-corrected chi connectivity index (χ1v) is 14.3. The number of ether oxygens (including phenoxy) is 4. The molecule has 3 aliphatic heterocycles. The van der Waals surface area contributed by atoms with Gasteiger partial charge in [-0.05, 0) is 31.4 Å². The number of halogens is 1. The largest absolute Gasteiger partial charge is 0.508 e. The third-order valence-electron chi connectivity index (χ3n) is 9.10. The van der Waals surface area contributed by atoms with Crippen molar-refractivity contribution in [3.8, 4) is 11.5 Å². The van der Waals surface area contributed by atoms with Crippen LogP contribution in [0.25, 0.3) is 0 Å². The second kappa shape index (κ2) is 12.3. The van der Waals surface area contributed by atoms with E-state index in [1.807, 2.05) is 0 Å². The number of benzene rings is 1. The first-order valence-electron chi connectivity index (χ1n) is 14.3. The summed E-state index contributed by atoms with van der Waals surface area (Å²) >= 11 is 0. The van der Waals surface area contributed by atoms with Crippen molar-refractivity contribution >= 4 is 11.9 Å². The molecule has 9 unspecified atom stereocenters. The molecule has 0 radical (unpaired) electrons. The number of phenols is 2. The van der Waals surface area contributed by atoms with Gasteiger partial charge in [-0.15, -0.1) is 6.58 Å². The zero-order chi connectivity index (χ0) is 32.0. The van der Waals surface area contributed by atoms with Crippen LogP contribution in [-0.4, -0.2) is 101 Å². The Bertz CT molecular complexity index is 1260. The number of rotatable bonds is 9. The van der Waals surface area contributed by atoms with Gasteiger partial charge >= 0.3 is 5.97 Å². The van der Waals surface area contributed by atoms with E-state index in [1.165, 1.54) is 14.2 Å². The Morgan fingerprint density at radius 3 is 2.56 bits per heavy atom. The van der Waals surface area contributed by atoms with Gasteiger partial charge in [0.25, 0.3) is 5.91 Å². The van der Waals surface area contributed by atoms with Gasteiger partial charge in [0.05, 0.1) is 24.4 Å². The number of aromatic hydroxyl groups is 2. The number of phenolic OH excluding ortho intramolecular Hbond substituents is 2. The first kappa shape index (κ1) is 33.1. The molecule has 43 heavy (non-hydrogen) atoms. The van der Waals surface area contributed by atoms with Crippen LogP contribution in [0.1, 0.15) is 61.5 Å². The number of fused-ring (bicyclic) bond motifs is 3. The van der Waals surface area contributed by atoms with Crippen molar-refractivity contribution < 1.29 is 53.4 Å². The summed E-state index contributed by atoms with van der Waals surface area (Å²) in [5.41, 5.74) is -1.50. The van der Waals surface area contributed by atoms with Crippen molar-refractivity contribution in [3.05, 3.63) is 34.9 Å². The molecule has 13 heteroatoms. The zero-order valence-corrected chi connectivity index (χ0v) is 25.3. The van der Waals surface area contributed by atoms with Gasteiger partial charge in [0, 0.05) is 45.0 Å². The molecule has 0 saturated carbocycles. The van der Waals surface area contributed by atoms with E-state index in [2.05, 4.69) is 17.2 Å². The Balaban J connectivity index is 1.71. The molecule has 0 aromatic heterocycles. The number of carbonyl (C=O) groups excluding carboxylic acids is 2. The normalized spacial score (nSPS) is 32.0. The average Bonchev–Trinajstić information content (AvgIpc) is 3.07. The number of hydrogen-bond donors (Lipinski definition) is 6. The number of hydrogen-bond acceptors (Lipinski definition) is 11. The molecule has 2 fully saturated rings. The van der Waals surface area contributed by atoms with Crippen LogP contribution in [-0.2, 0) is 30.2 Å². The van der Waals surface area contributed by atoms with E-state index in [9.17, 15) is 30.0 Å². The van der Waals surface area contributed by atoms with Crippen molar-refractivity contribution in [3.63, 3.8) is 0 Å². The minimum absolute atomic E-state index is 0.00588. The van der Waals surface area contributed by atoms with Crippen LogP contribution in [0, 0.1) is 12.3 Å². The summed E-state index contributed by atoms with van der Waals surface area (Å²) < 4.78 is 39.0. The van der Waals surface area contributed by atoms with Gasteiger partial charge in [-0.1, -0.05) is 19.4 Å². The Morgan fingerprint density at radius 1 is 1.28 bits per heavy atom. The monoisotopic (exact) mass is 610 g/mol. The lowest BCUT2D eigenvalue weighted by molar-refractivity contribution is -0.260. The summed E-state index contributed by atoms with van der Waals surface area (Å²) in [6, 6.07) is 0.0102. The van der Waals surface area contributed by atoms with Crippen LogP contribution in [0.3, 0.4) is 0 Å². The summed E-state index contributed by atoms with van der Waals surface area (Å²) in [6.07, 6.45) is -8.66. The van der Waals surface area contributed by atoms with Crippen LogP contribution >= 0.6 is 0 Å². The molecule has 9 atom stereocenters. The lowest BCUT2D eigenvalue weighted by Crippen LogP contribution is -2.72. The number of carbonyl (C=O) groups is 2. The maximum Gasteiger partial charge on any atom is 0.342 e. The van der Waals surface area contributed by atoms with Crippen LogP contribution in [0.4, 0.5) is 4.39 Å². The summed E-state index contributed by atoms with van der Waals surface area (Å²) in [4.78, 5) is 26.3. The molecule has 240 valence electrons. The van der Waals surface area contributed by atoms with E-state index in [-0.39, 0.29) is 37.0 Å². The molecule has 1 amide bonds.